The zero-order chi connectivity index (χ0) is 16.8. The normalized spacial score (nSPS) is 10.2. The van der Waals surface area contributed by atoms with Gasteiger partial charge in [0.15, 0.2) is 5.82 Å². The smallest absolute Gasteiger partial charge is 0.310 e. The number of nitrogens with zero attached hydrogens (tertiary/aromatic N) is 2. The molecule has 1 N–H and O–H groups in total. The summed E-state index contributed by atoms with van der Waals surface area (Å²) in [6, 6.07) is 7.44. The molecule has 0 atom stereocenters. The molecule has 0 radical (unpaired) electrons. The van der Waals surface area contributed by atoms with Crippen molar-refractivity contribution in [2.75, 3.05) is 25.6 Å². The second-order valence-corrected chi connectivity index (χ2v) is 5.99. The first-order valence-corrected chi connectivity index (χ1v) is 8.06. The van der Waals surface area contributed by atoms with E-state index in [4.69, 9.17) is 16.3 Å². The van der Waals surface area contributed by atoms with Gasteiger partial charge in [0.05, 0.1) is 18.7 Å². The van der Waals surface area contributed by atoms with Crippen LogP contribution in [-0.2, 0) is 16.0 Å². The van der Waals surface area contributed by atoms with Crippen molar-refractivity contribution in [2.24, 2.45) is 0 Å². The van der Waals surface area contributed by atoms with Gasteiger partial charge in [0.1, 0.15) is 0 Å². The SMILES string of the molecule is CCCCOC(=O)Cc1c(N(C)C)n[nH]c1-c1ccc(Cl)cc1.Cl. The predicted octanol–water partition coefficient (Wildman–Crippen LogP) is 4.10. The molecule has 2 aromatic rings. The highest BCUT2D eigenvalue weighted by atomic mass is 35.5. The van der Waals surface area contributed by atoms with E-state index in [1.807, 2.05) is 43.3 Å². The van der Waals surface area contributed by atoms with E-state index in [9.17, 15) is 4.79 Å². The minimum Gasteiger partial charge on any atom is -0.465 e. The molecular formula is C17H23Cl2N3O2. The van der Waals surface area contributed by atoms with Gasteiger partial charge in [0, 0.05) is 30.2 Å². The fraction of sp³-hybridized carbons (Fsp3) is 0.412. The molecule has 0 bridgehead atoms. The topological polar surface area (TPSA) is 58.2 Å². The third kappa shape index (κ3) is 5.14. The van der Waals surface area contributed by atoms with Crippen LogP contribution >= 0.6 is 24.0 Å². The summed E-state index contributed by atoms with van der Waals surface area (Å²) in [6.45, 7) is 2.52. The molecule has 0 amide bonds. The Bertz CT molecular complexity index is 654. The largest absolute Gasteiger partial charge is 0.465 e. The van der Waals surface area contributed by atoms with Gasteiger partial charge in [-0.15, -0.1) is 12.4 Å². The molecule has 0 saturated heterocycles. The fourth-order valence-electron chi connectivity index (χ4n) is 2.27. The Morgan fingerprint density at radius 1 is 1.29 bits per heavy atom. The number of nitrogens with one attached hydrogen (secondary N) is 1. The van der Waals surface area contributed by atoms with Crippen molar-refractivity contribution in [3.8, 4) is 11.3 Å². The first-order valence-electron chi connectivity index (χ1n) is 7.69. The molecule has 1 aromatic carbocycles. The quantitative estimate of drug-likeness (QED) is 0.587. The summed E-state index contributed by atoms with van der Waals surface area (Å²) < 4.78 is 5.28. The number of carbonyl (C=O) groups excluding carboxylic acids is 1. The summed E-state index contributed by atoms with van der Waals surface area (Å²) in [5.41, 5.74) is 2.59. The van der Waals surface area contributed by atoms with Gasteiger partial charge in [0.25, 0.3) is 0 Å². The average Bonchev–Trinajstić information content (AvgIpc) is 2.92. The lowest BCUT2D eigenvalue weighted by atomic mass is 10.0. The second-order valence-electron chi connectivity index (χ2n) is 5.55. The maximum atomic E-state index is 12.1. The van der Waals surface area contributed by atoms with Gasteiger partial charge < -0.3 is 9.64 Å². The summed E-state index contributed by atoms with van der Waals surface area (Å²) in [6.07, 6.45) is 2.06. The highest BCUT2D eigenvalue weighted by Crippen LogP contribution is 2.29. The van der Waals surface area contributed by atoms with E-state index in [0.29, 0.717) is 11.6 Å². The van der Waals surface area contributed by atoms with Gasteiger partial charge >= 0.3 is 5.97 Å². The molecule has 0 fully saturated rings. The number of halogens is 2. The standard InChI is InChI=1S/C17H22ClN3O2.ClH/c1-4-5-10-23-15(22)11-14-16(19-20-17(14)21(2)3)12-6-8-13(18)9-7-12;/h6-9H,4-5,10-11H2,1-3H3,(H,19,20);1H. The highest BCUT2D eigenvalue weighted by Gasteiger charge is 2.19. The Morgan fingerprint density at radius 3 is 2.54 bits per heavy atom. The number of benzene rings is 1. The van der Waals surface area contributed by atoms with Crippen molar-refractivity contribution in [2.45, 2.75) is 26.2 Å². The van der Waals surface area contributed by atoms with Crippen molar-refractivity contribution in [3.05, 3.63) is 34.9 Å². The van der Waals surface area contributed by atoms with E-state index in [-0.39, 0.29) is 24.8 Å². The molecular weight excluding hydrogens is 349 g/mol. The number of esters is 1. The van der Waals surface area contributed by atoms with Gasteiger partial charge in [-0.25, -0.2) is 0 Å². The number of aromatic amines is 1. The van der Waals surface area contributed by atoms with E-state index < -0.39 is 0 Å². The minimum absolute atomic E-state index is 0. The van der Waals surface area contributed by atoms with Crippen LogP contribution in [-0.4, -0.2) is 36.9 Å². The molecule has 0 unspecified atom stereocenters. The van der Waals surface area contributed by atoms with E-state index in [1.165, 1.54) is 0 Å². The van der Waals surface area contributed by atoms with Crippen LogP contribution in [0.5, 0.6) is 0 Å². The van der Waals surface area contributed by atoms with Gasteiger partial charge in [-0.2, -0.15) is 5.10 Å². The lowest BCUT2D eigenvalue weighted by Gasteiger charge is -2.12. The molecule has 24 heavy (non-hydrogen) atoms. The van der Waals surface area contributed by atoms with Crippen molar-refractivity contribution < 1.29 is 9.53 Å². The summed E-state index contributed by atoms with van der Waals surface area (Å²) in [4.78, 5) is 14.0. The summed E-state index contributed by atoms with van der Waals surface area (Å²) in [7, 11) is 3.79. The van der Waals surface area contributed by atoms with E-state index in [2.05, 4.69) is 17.1 Å². The molecule has 0 saturated carbocycles. The molecule has 132 valence electrons. The predicted molar refractivity (Wildman–Crippen MR) is 100 cm³/mol. The first-order chi connectivity index (χ1) is 11.0. The molecule has 0 spiro atoms. The maximum absolute atomic E-state index is 12.1. The Balaban J connectivity index is 0.00000288. The highest BCUT2D eigenvalue weighted by molar-refractivity contribution is 6.30. The van der Waals surface area contributed by atoms with Crippen LogP contribution in [0, 0.1) is 0 Å². The third-order valence-electron chi connectivity index (χ3n) is 3.48. The summed E-state index contributed by atoms with van der Waals surface area (Å²) in [5, 5.41) is 8.01. The molecule has 0 aliphatic rings. The number of ether oxygens (including phenoxy) is 1. The van der Waals surface area contributed by atoms with Crippen molar-refractivity contribution >= 4 is 35.8 Å². The molecule has 5 nitrogen and oxygen atoms in total. The number of hydrogen-bond donors (Lipinski definition) is 1. The summed E-state index contributed by atoms with van der Waals surface area (Å²) >= 11 is 5.94. The zero-order valence-electron chi connectivity index (χ0n) is 14.1. The number of carbonyl (C=O) groups is 1. The number of H-pyrrole nitrogens is 1. The Morgan fingerprint density at radius 2 is 1.96 bits per heavy atom. The fourth-order valence-corrected chi connectivity index (χ4v) is 2.40. The van der Waals surface area contributed by atoms with Gasteiger partial charge in [-0.3, -0.25) is 9.89 Å². The van der Waals surface area contributed by atoms with Gasteiger partial charge in [-0.1, -0.05) is 37.1 Å². The van der Waals surface area contributed by atoms with Crippen molar-refractivity contribution in [1.29, 1.82) is 0 Å². The Labute approximate surface area is 153 Å². The number of rotatable bonds is 7. The molecule has 7 heteroatoms. The van der Waals surface area contributed by atoms with Crippen LogP contribution in [0.25, 0.3) is 11.3 Å². The van der Waals surface area contributed by atoms with Crippen LogP contribution in [0.15, 0.2) is 24.3 Å². The molecule has 0 aliphatic heterocycles. The first kappa shape index (κ1) is 20.3. The lowest BCUT2D eigenvalue weighted by molar-refractivity contribution is -0.142. The molecule has 1 aromatic heterocycles. The number of anilines is 1. The number of hydrogen-bond acceptors (Lipinski definition) is 4. The summed E-state index contributed by atoms with van der Waals surface area (Å²) in [5.74, 6) is 0.501. The van der Waals surface area contributed by atoms with Crippen LogP contribution in [0.2, 0.25) is 5.02 Å². The van der Waals surface area contributed by atoms with Gasteiger partial charge in [-0.05, 0) is 18.6 Å². The molecule has 0 aliphatic carbocycles. The zero-order valence-corrected chi connectivity index (χ0v) is 15.7. The van der Waals surface area contributed by atoms with E-state index >= 15 is 0 Å². The molecule has 1 heterocycles. The van der Waals surface area contributed by atoms with Crippen molar-refractivity contribution in [3.63, 3.8) is 0 Å². The van der Waals surface area contributed by atoms with Gasteiger partial charge in [0.2, 0.25) is 0 Å². The van der Waals surface area contributed by atoms with Crippen LogP contribution in [0.3, 0.4) is 0 Å². The monoisotopic (exact) mass is 371 g/mol. The average molecular weight is 372 g/mol. The second kappa shape index (κ2) is 9.55. The van der Waals surface area contributed by atoms with E-state index in [0.717, 1.165) is 35.5 Å². The Hall–Kier alpha value is -1.72. The Kier molecular flexibility index (Phi) is 8.08. The van der Waals surface area contributed by atoms with E-state index in [1.54, 1.807) is 0 Å². The van der Waals surface area contributed by atoms with Crippen LogP contribution in [0.4, 0.5) is 5.82 Å². The van der Waals surface area contributed by atoms with Crippen LogP contribution in [0.1, 0.15) is 25.3 Å². The lowest BCUT2D eigenvalue weighted by Crippen LogP contribution is -2.15. The molecule has 2 rings (SSSR count). The number of unbranched alkanes of at least 4 members (excludes halogenated alkanes) is 1. The van der Waals surface area contributed by atoms with Crippen molar-refractivity contribution in [1.82, 2.24) is 10.2 Å². The minimum atomic E-state index is -0.238. The maximum Gasteiger partial charge on any atom is 0.310 e. The number of aromatic nitrogens is 2. The van der Waals surface area contributed by atoms with Crippen LogP contribution < -0.4 is 4.90 Å². The third-order valence-corrected chi connectivity index (χ3v) is 3.74.